The first kappa shape index (κ1) is 27.9. The molecule has 0 saturated heterocycles. The summed E-state index contributed by atoms with van der Waals surface area (Å²) in [6, 6.07) is 64.0. The van der Waals surface area contributed by atoms with Crippen molar-refractivity contribution in [3.05, 3.63) is 175 Å². The van der Waals surface area contributed by atoms with Crippen LogP contribution in [0.1, 0.15) is 5.56 Å². The molecule has 0 N–H and O–H groups in total. The first-order valence-electron chi connectivity index (χ1n) is 17.4. The lowest BCUT2D eigenvalue weighted by Crippen LogP contribution is -2.11. The summed E-state index contributed by atoms with van der Waals surface area (Å²) in [6.07, 6.45) is 0. The van der Waals surface area contributed by atoms with Crippen molar-refractivity contribution in [3.8, 4) is 17.2 Å². The molecule has 0 amide bonds. The molecule has 0 aliphatic heterocycles. The molecule has 0 unspecified atom stereocenters. The fourth-order valence-corrected chi connectivity index (χ4v) is 8.62. The molecular formula is C49H28N2. The van der Waals surface area contributed by atoms with Crippen LogP contribution in [0, 0.1) is 11.3 Å². The molecule has 2 nitrogen and oxygen atoms in total. The smallest absolute Gasteiger partial charge is 0.0998 e. The average Bonchev–Trinajstić information content (AvgIpc) is 3.19. The maximum atomic E-state index is 10.1. The Balaban J connectivity index is 1.19. The van der Waals surface area contributed by atoms with E-state index < -0.39 is 0 Å². The van der Waals surface area contributed by atoms with Gasteiger partial charge in [-0.25, -0.2) is 0 Å². The minimum atomic E-state index is 0.676. The number of rotatable bonds is 4. The van der Waals surface area contributed by atoms with Crippen molar-refractivity contribution in [3.63, 3.8) is 0 Å². The first-order valence-corrected chi connectivity index (χ1v) is 17.4. The van der Waals surface area contributed by atoms with E-state index in [2.05, 4.69) is 169 Å². The van der Waals surface area contributed by atoms with Gasteiger partial charge in [0.15, 0.2) is 0 Å². The van der Waals surface area contributed by atoms with Crippen molar-refractivity contribution in [1.29, 1.82) is 5.26 Å². The Morgan fingerprint density at radius 1 is 0.353 bits per heavy atom. The lowest BCUT2D eigenvalue weighted by molar-refractivity contribution is 1.31. The van der Waals surface area contributed by atoms with Gasteiger partial charge in [0.1, 0.15) is 0 Å². The Morgan fingerprint density at radius 2 is 0.804 bits per heavy atom. The van der Waals surface area contributed by atoms with Gasteiger partial charge >= 0.3 is 0 Å². The highest BCUT2D eigenvalue weighted by molar-refractivity contribution is 6.26. The van der Waals surface area contributed by atoms with Gasteiger partial charge in [-0.2, -0.15) is 5.26 Å². The molecule has 0 heterocycles. The quantitative estimate of drug-likeness (QED) is 0.178. The van der Waals surface area contributed by atoms with E-state index in [-0.39, 0.29) is 0 Å². The largest absolute Gasteiger partial charge is 0.310 e. The van der Waals surface area contributed by atoms with Gasteiger partial charge in [-0.15, -0.1) is 0 Å². The van der Waals surface area contributed by atoms with Crippen LogP contribution in [0.3, 0.4) is 0 Å². The molecule has 0 bridgehead atoms. The number of hydrogen-bond donors (Lipinski definition) is 0. The van der Waals surface area contributed by atoms with E-state index in [0.29, 0.717) is 5.56 Å². The highest BCUT2D eigenvalue weighted by Crippen LogP contribution is 2.46. The Morgan fingerprint density at radius 3 is 1.33 bits per heavy atom. The number of hydrogen-bond acceptors (Lipinski definition) is 2. The summed E-state index contributed by atoms with van der Waals surface area (Å²) >= 11 is 0. The SMILES string of the molecule is N#Cc1ccc(N(c2cc3ccc4cccc5ccc(c2)c3c45)c2cc3ccc4cc(-c5ccccc5)cc5ccc(c2)c3c45)c2ccccc12. The maximum absolute atomic E-state index is 10.1. The van der Waals surface area contributed by atoms with Crippen LogP contribution < -0.4 is 4.90 Å². The molecule has 11 aromatic rings. The lowest BCUT2D eigenvalue weighted by Gasteiger charge is -2.29. The monoisotopic (exact) mass is 644 g/mol. The topological polar surface area (TPSA) is 27.0 Å². The van der Waals surface area contributed by atoms with E-state index in [1.54, 1.807) is 0 Å². The van der Waals surface area contributed by atoms with Crippen LogP contribution in [0.5, 0.6) is 0 Å². The summed E-state index contributed by atoms with van der Waals surface area (Å²) in [4.78, 5) is 2.39. The standard InChI is InChI=1S/C49H28N2/c50-29-39-21-22-45(44-12-5-4-11-43(39)44)51(41-25-35-15-13-31-9-6-10-32-14-16-36(26-41)48(35)46(31)32)42-27-37-19-17-33-23-40(30-7-2-1-3-8-30)24-34-18-20-38(28-42)49(37)47(33)34/h1-28H. The van der Waals surface area contributed by atoms with Crippen LogP contribution in [-0.2, 0) is 0 Å². The molecule has 0 spiro atoms. The van der Waals surface area contributed by atoms with Gasteiger partial charge in [-0.3, -0.25) is 0 Å². The van der Waals surface area contributed by atoms with Gasteiger partial charge in [0.2, 0.25) is 0 Å². The molecule has 51 heavy (non-hydrogen) atoms. The van der Waals surface area contributed by atoms with Crippen molar-refractivity contribution in [2.24, 2.45) is 0 Å². The van der Waals surface area contributed by atoms with E-state index in [1.165, 1.54) is 75.8 Å². The molecule has 0 fully saturated rings. The molecule has 234 valence electrons. The maximum Gasteiger partial charge on any atom is 0.0998 e. The van der Waals surface area contributed by atoms with E-state index in [0.717, 1.165) is 27.8 Å². The van der Waals surface area contributed by atoms with E-state index in [1.807, 2.05) is 12.1 Å². The molecule has 0 saturated carbocycles. The molecule has 11 rings (SSSR count). The van der Waals surface area contributed by atoms with Gasteiger partial charge in [0, 0.05) is 22.1 Å². The lowest BCUT2D eigenvalue weighted by atomic mass is 9.90. The van der Waals surface area contributed by atoms with Gasteiger partial charge in [0.25, 0.3) is 0 Å². The minimum Gasteiger partial charge on any atom is -0.310 e. The van der Waals surface area contributed by atoms with Crippen LogP contribution in [-0.4, -0.2) is 0 Å². The molecular weight excluding hydrogens is 617 g/mol. The van der Waals surface area contributed by atoms with E-state index in [9.17, 15) is 5.26 Å². The highest BCUT2D eigenvalue weighted by atomic mass is 15.1. The third-order valence-corrected chi connectivity index (χ3v) is 10.9. The zero-order valence-corrected chi connectivity index (χ0v) is 27.6. The molecule has 0 aliphatic rings. The summed E-state index contributed by atoms with van der Waals surface area (Å²) in [5, 5.41) is 27.1. The number of nitrogens with zero attached hydrogens (tertiary/aromatic N) is 2. The molecule has 0 atom stereocenters. The number of anilines is 3. The Hall–Kier alpha value is -6.95. The third kappa shape index (κ3) is 4.10. The zero-order chi connectivity index (χ0) is 33.6. The molecule has 11 aromatic carbocycles. The van der Waals surface area contributed by atoms with Crippen molar-refractivity contribution < 1.29 is 0 Å². The van der Waals surface area contributed by atoms with Crippen molar-refractivity contribution >= 4 is 92.5 Å². The highest BCUT2D eigenvalue weighted by Gasteiger charge is 2.21. The molecule has 0 radical (unpaired) electrons. The fourth-order valence-electron chi connectivity index (χ4n) is 8.62. The van der Waals surface area contributed by atoms with Crippen LogP contribution >= 0.6 is 0 Å². The summed E-state index contributed by atoms with van der Waals surface area (Å²) in [5.74, 6) is 0. The number of benzene rings is 11. The minimum absolute atomic E-state index is 0.676. The first-order chi connectivity index (χ1) is 25.2. The number of fused-ring (bicyclic) bond motifs is 1. The second-order valence-electron chi connectivity index (χ2n) is 13.7. The van der Waals surface area contributed by atoms with Crippen molar-refractivity contribution in [1.82, 2.24) is 0 Å². The average molecular weight is 645 g/mol. The van der Waals surface area contributed by atoms with Crippen LogP contribution in [0.2, 0.25) is 0 Å². The summed E-state index contributed by atoms with van der Waals surface area (Å²) < 4.78 is 0. The van der Waals surface area contributed by atoms with Gasteiger partial charge in [-0.1, -0.05) is 121 Å². The van der Waals surface area contributed by atoms with Crippen LogP contribution in [0.4, 0.5) is 17.1 Å². The van der Waals surface area contributed by atoms with Crippen molar-refractivity contribution in [2.45, 2.75) is 0 Å². The second-order valence-corrected chi connectivity index (χ2v) is 13.7. The van der Waals surface area contributed by atoms with E-state index in [4.69, 9.17) is 0 Å². The van der Waals surface area contributed by atoms with Gasteiger partial charge in [-0.05, 0) is 124 Å². The summed E-state index contributed by atoms with van der Waals surface area (Å²) in [6.45, 7) is 0. The molecule has 0 aliphatic carbocycles. The van der Waals surface area contributed by atoms with Crippen LogP contribution in [0.25, 0.3) is 86.5 Å². The Bertz CT molecular complexity index is 3070. The zero-order valence-electron chi connectivity index (χ0n) is 27.6. The van der Waals surface area contributed by atoms with Gasteiger partial charge in [0.05, 0.1) is 17.3 Å². The second kappa shape index (κ2) is 10.5. The van der Waals surface area contributed by atoms with E-state index >= 15 is 0 Å². The molecule has 0 aromatic heterocycles. The fraction of sp³-hybridized carbons (Fsp3) is 0. The summed E-state index contributed by atoms with van der Waals surface area (Å²) in [7, 11) is 0. The number of nitriles is 1. The van der Waals surface area contributed by atoms with Crippen LogP contribution in [0.15, 0.2) is 170 Å². The molecule has 2 heteroatoms. The van der Waals surface area contributed by atoms with Gasteiger partial charge < -0.3 is 4.90 Å². The normalized spacial score (nSPS) is 11.9. The Labute approximate surface area is 294 Å². The van der Waals surface area contributed by atoms with Crippen molar-refractivity contribution in [2.75, 3.05) is 4.90 Å². The predicted molar refractivity (Wildman–Crippen MR) is 216 cm³/mol. The Kier molecular flexibility index (Phi) is 5.77. The summed E-state index contributed by atoms with van der Waals surface area (Å²) in [5.41, 5.74) is 6.33. The third-order valence-electron chi connectivity index (χ3n) is 10.9. The predicted octanol–water partition coefficient (Wildman–Crippen LogP) is 13.6.